The number of ketones is 1. The number of aryl methyl sites for hydroxylation is 1. The van der Waals surface area contributed by atoms with Crippen molar-refractivity contribution in [2.45, 2.75) is 53.6 Å². The van der Waals surface area contributed by atoms with E-state index in [1.165, 1.54) is 19.1 Å². The van der Waals surface area contributed by atoms with Crippen molar-refractivity contribution in [3.05, 3.63) is 76.4 Å². The van der Waals surface area contributed by atoms with E-state index in [-0.39, 0.29) is 16.8 Å². The number of nitrogens with zero attached hydrogens (tertiary/aromatic N) is 3. The van der Waals surface area contributed by atoms with Crippen LogP contribution >= 0.6 is 0 Å². The summed E-state index contributed by atoms with van der Waals surface area (Å²) >= 11 is 0. The summed E-state index contributed by atoms with van der Waals surface area (Å²) in [6.07, 6.45) is -1.39. The molecule has 36 heavy (non-hydrogen) atoms. The van der Waals surface area contributed by atoms with Gasteiger partial charge in [-0.3, -0.25) is 9.78 Å². The molecular formula is C28H33F3N4O. The fourth-order valence-corrected chi connectivity index (χ4v) is 4.50. The van der Waals surface area contributed by atoms with E-state index >= 15 is 0 Å². The normalized spacial score (nSPS) is 12.7. The molecule has 0 unspecified atom stereocenters. The highest BCUT2D eigenvalue weighted by atomic mass is 19.4. The molecule has 192 valence electrons. The van der Waals surface area contributed by atoms with Crippen molar-refractivity contribution in [1.82, 2.24) is 20.3 Å². The largest absolute Gasteiger partial charge is 0.416 e. The third-order valence-corrected chi connectivity index (χ3v) is 6.04. The van der Waals surface area contributed by atoms with Crippen LogP contribution in [0.3, 0.4) is 0 Å². The topological polar surface area (TPSA) is 67.8 Å². The first kappa shape index (κ1) is 27.5. The minimum Gasteiger partial charge on any atom is -0.316 e. The van der Waals surface area contributed by atoms with Gasteiger partial charge >= 0.3 is 6.18 Å². The van der Waals surface area contributed by atoms with Crippen LogP contribution in [0.4, 0.5) is 13.2 Å². The zero-order valence-corrected chi connectivity index (χ0v) is 21.4. The Bertz CT molecular complexity index is 1190. The number of hydrogen-bond acceptors (Lipinski definition) is 5. The highest BCUT2D eigenvalue weighted by Gasteiger charge is 2.34. The number of carbonyl (C=O) groups is 1. The van der Waals surface area contributed by atoms with Gasteiger partial charge in [-0.05, 0) is 75.4 Å². The van der Waals surface area contributed by atoms with E-state index in [4.69, 9.17) is 0 Å². The number of pyridine rings is 1. The van der Waals surface area contributed by atoms with Crippen LogP contribution in [0, 0.1) is 25.7 Å². The maximum atomic E-state index is 13.7. The van der Waals surface area contributed by atoms with E-state index in [0.29, 0.717) is 47.6 Å². The molecule has 0 fully saturated rings. The van der Waals surface area contributed by atoms with Gasteiger partial charge in [0.15, 0.2) is 0 Å². The molecule has 1 atom stereocenters. The van der Waals surface area contributed by atoms with Crippen molar-refractivity contribution >= 4 is 5.78 Å². The first-order valence-corrected chi connectivity index (χ1v) is 12.2. The second-order valence-corrected chi connectivity index (χ2v) is 9.66. The van der Waals surface area contributed by atoms with E-state index in [1.54, 1.807) is 25.3 Å². The van der Waals surface area contributed by atoms with Crippen LogP contribution in [-0.2, 0) is 12.6 Å². The minimum absolute atomic E-state index is 0.0188. The first-order valence-electron chi connectivity index (χ1n) is 12.2. The molecule has 0 amide bonds. The van der Waals surface area contributed by atoms with Crippen molar-refractivity contribution in [2.24, 2.45) is 11.8 Å². The standard InChI is InChI=1S/C28H33F3N4O/c1-17(2)15-18(3)16-32-14-12-22-25(24-11-6-7-13-33-24)34-20(5)35-26(22)27(36)21-9-8-10-23(19(21)4)28(29,30)31/h6-11,13,17-18,32H,12,14-16H2,1-5H3/t18-/m1/s1. The molecule has 0 aliphatic rings. The van der Waals surface area contributed by atoms with Crippen LogP contribution in [0.2, 0.25) is 0 Å². The number of carbonyl (C=O) groups excluding carboxylic acids is 1. The highest BCUT2D eigenvalue weighted by molar-refractivity contribution is 6.10. The Morgan fingerprint density at radius 1 is 1.03 bits per heavy atom. The Kier molecular flexibility index (Phi) is 8.95. The van der Waals surface area contributed by atoms with Gasteiger partial charge in [0.25, 0.3) is 0 Å². The SMILES string of the molecule is Cc1nc(C(=O)c2cccc(C(F)(F)F)c2C)c(CCNC[C@H](C)CC(C)C)c(-c2ccccn2)n1. The van der Waals surface area contributed by atoms with Crippen LogP contribution in [0.15, 0.2) is 42.6 Å². The molecule has 1 aromatic carbocycles. The molecule has 3 aromatic rings. The Morgan fingerprint density at radius 2 is 1.78 bits per heavy atom. The molecule has 0 bridgehead atoms. The number of rotatable bonds is 10. The fourth-order valence-electron chi connectivity index (χ4n) is 4.50. The predicted molar refractivity (Wildman–Crippen MR) is 135 cm³/mol. The molecule has 1 N–H and O–H groups in total. The number of hydrogen-bond donors (Lipinski definition) is 1. The van der Waals surface area contributed by atoms with Crippen molar-refractivity contribution in [1.29, 1.82) is 0 Å². The summed E-state index contributed by atoms with van der Waals surface area (Å²) in [5.74, 6) is 0.890. The van der Waals surface area contributed by atoms with E-state index in [0.717, 1.165) is 19.0 Å². The molecule has 8 heteroatoms. The maximum absolute atomic E-state index is 13.7. The molecule has 0 aliphatic heterocycles. The number of aromatic nitrogens is 3. The van der Waals surface area contributed by atoms with Gasteiger partial charge in [-0.15, -0.1) is 0 Å². The third kappa shape index (κ3) is 6.75. The number of halogens is 3. The lowest BCUT2D eigenvalue weighted by molar-refractivity contribution is -0.138. The molecule has 0 saturated heterocycles. The molecule has 5 nitrogen and oxygen atoms in total. The zero-order chi connectivity index (χ0) is 26.5. The van der Waals surface area contributed by atoms with Crippen molar-refractivity contribution in [3.8, 4) is 11.4 Å². The van der Waals surface area contributed by atoms with Crippen molar-refractivity contribution in [3.63, 3.8) is 0 Å². The van der Waals surface area contributed by atoms with Gasteiger partial charge in [-0.25, -0.2) is 9.97 Å². The quantitative estimate of drug-likeness (QED) is 0.266. The van der Waals surface area contributed by atoms with E-state index in [1.807, 2.05) is 6.07 Å². The average Bonchev–Trinajstić information content (AvgIpc) is 2.81. The molecule has 0 radical (unpaired) electrons. The minimum atomic E-state index is -4.56. The lowest BCUT2D eigenvalue weighted by Crippen LogP contribution is -2.25. The lowest BCUT2D eigenvalue weighted by Gasteiger charge is -2.18. The number of nitrogens with one attached hydrogen (secondary N) is 1. The summed E-state index contributed by atoms with van der Waals surface area (Å²) in [6, 6.07) is 9.07. The number of benzene rings is 1. The van der Waals surface area contributed by atoms with Gasteiger partial charge in [0, 0.05) is 17.3 Å². The van der Waals surface area contributed by atoms with Crippen LogP contribution < -0.4 is 5.32 Å². The van der Waals surface area contributed by atoms with Crippen LogP contribution in [0.5, 0.6) is 0 Å². The summed E-state index contributed by atoms with van der Waals surface area (Å²) in [5.41, 5.74) is 0.833. The average molecular weight is 499 g/mol. The van der Waals surface area contributed by atoms with E-state index in [2.05, 4.69) is 41.0 Å². The molecular weight excluding hydrogens is 465 g/mol. The van der Waals surface area contributed by atoms with Gasteiger partial charge < -0.3 is 5.32 Å². The van der Waals surface area contributed by atoms with Crippen LogP contribution in [0.25, 0.3) is 11.4 Å². The van der Waals surface area contributed by atoms with E-state index in [9.17, 15) is 18.0 Å². The molecule has 3 rings (SSSR count). The Hall–Kier alpha value is -3.13. The molecule has 0 aliphatic carbocycles. The molecule has 0 spiro atoms. The summed E-state index contributed by atoms with van der Waals surface area (Å²) in [7, 11) is 0. The number of alkyl halides is 3. The van der Waals surface area contributed by atoms with Crippen LogP contribution in [0.1, 0.15) is 65.8 Å². The summed E-state index contributed by atoms with van der Waals surface area (Å²) in [6.45, 7) is 10.9. The Labute approximate surface area is 210 Å². The second kappa shape index (κ2) is 11.7. The summed E-state index contributed by atoms with van der Waals surface area (Å²) < 4.78 is 40.6. The summed E-state index contributed by atoms with van der Waals surface area (Å²) in [5, 5.41) is 3.44. The van der Waals surface area contributed by atoms with Gasteiger partial charge in [-0.2, -0.15) is 13.2 Å². The van der Waals surface area contributed by atoms with Crippen molar-refractivity contribution < 1.29 is 18.0 Å². The predicted octanol–water partition coefficient (Wildman–Crippen LogP) is 6.22. The third-order valence-electron chi connectivity index (χ3n) is 6.04. The monoisotopic (exact) mass is 498 g/mol. The maximum Gasteiger partial charge on any atom is 0.416 e. The highest BCUT2D eigenvalue weighted by Crippen LogP contribution is 2.34. The van der Waals surface area contributed by atoms with Gasteiger partial charge in [0.05, 0.1) is 17.0 Å². The Balaban J connectivity index is 2.02. The molecule has 2 aromatic heterocycles. The van der Waals surface area contributed by atoms with Gasteiger partial charge in [0.1, 0.15) is 11.5 Å². The van der Waals surface area contributed by atoms with Crippen molar-refractivity contribution in [2.75, 3.05) is 13.1 Å². The second-order valence-electron chi connectivity index (χ2n) is 9.66. The first-order chi connectivity index (χ1) is 17.0. The Morgan fingerprint density at radius 3 is 2.42 bits per heavy atom. The smallest absolute Gasteiger partial charge is 0.316 e. The van der Waals surface area contributed by atoms with Gasteiger partial charge in [0.2, 0.25) is 5.78 Å². The van der Waals surface area contributed by atoms with Crippen LogP contribution in [-0.4, -0.2) is 33.8 Å². The summed E-state index contributed by atoms with van der Waals surface area (Å²) in [4.78, 5) is 27.1. The fraction of sp³-hybridized carbons (Fsp3) is 0.429. The lowest BCUT2D eigenvalue weighted by atomic mass is 9.93. The molecule has 2 heterocycles. The van der Waals surface area contributed by atoms with E-state index < -0.39 is 17.5 Å². The van der Waals surface area contributed by atoms with Gasteiger partial charge in [-0.1, -0.05) is 39.0 Å². The zero-order valence-electron chi connectivity index (χ0n) is 21.4. The molecule has 0 saturated carbocycles.